The predicted octanol–water partition coefficient (Wildman–Crippen LogP) is 2.00. The standard InChI is InChI=1S/C15H17NO2/c1-2-3-9-16-14(17)11-13(15(16)18)10-12-7-5-4-6-8-12/h5-7,13H,2-3,9-11H2,1H3. The summed E-state index contributed by atoms with van der Waals surface area (Å²) in [5.41, 5.74) is 0.970. The molecule has 94 valence electrons. The first-order valence-corrected chi connectivity index (χ1v) is 6.43. The number of amides is 2. The average Bonchev–Trinajstić information content (AvgIpc) is 2.64. The fraction of sp³-hybridized carbons (Fsp3) is 0.467. The Balaban J connectivity index is 1.99. The van der Waals surface area contributed by atoms with Crippen molar-refractivity contribution in [3.8, 4) is 0 Å². The molecule has 1 aliphatic heterocycles. The smallest absolute Gasteiger partial charge is 0.233 e. The maximum atomic E-state index is 12.1. The van der Waals surface area contributed by atoms with Crippen LogP contribution in [0, 0.1) is 18.1 Å². The van der Waals surface area contributed by atoms with E-state index in [1.165, 1.54) is 4.90 Å². The van der Waals surface area contributed by atoms with E-state index in [-0.39, 0.29) is 17.7 Å². The second kappa shape index (κ2) is 5.80. The molecule has 1 aromatic carbocycles. The highest BCUT2D eigenvalue weighted by atomic mass is 16.2. The van der Waals surface area contributed by atoms with Gasteiger partial charge in [0.1, 0.15) is 0 Å². The molecule has 1 unspecified atom stereocenters. The predicted molar refractivity (Wildman–Crippen MR) is 67.6 cm³/mol. The van der Waals surface area contributed by atoms with Gasteiger partial charge >= 0.3 is 0 Å². The number of benzene rings is 1. The van der Waals surface area contributed by atoms with Crippen LogP contribution >= 0.6 is 0 Å². The zero-order valence-corrected chi connectivity index (χ0v) is 10.6. The van der Waals surface area contributed by atoms with E-state index in [1.807, 2.05) is 12.1 Å². The molecule has 3 nitrogen and oxygen atoms in total. The molecule has 2 radical (unpaired) electrons. The molecule has 1 atom stereocenters. The molecule has 0 aliphatic carbocycles. The quantitative estimate of drug-likeness (QED) is 0.742. The summed E-state index contributed by atoms with van der Waals surface area (Å²) in [6.45, 7) is 2.62. The molecule has 3 heteroatoms. The first-order chi connectivity index (χ1) is 8.72. The fourth-order valence-electron chi connectivity index (χ4n) is 2.23. The molecule has 0 aromatic heterocycles. The Morgan fingerprint density at radius 3 is 2.94 bits per heavy atom. The third-order valence-electron chi connectivity index (χ3n) is 3.26. The number of likely N-dealkylation sites (tertiary alicyclic amines) is 1. The van der Waals surface area contributed by atoms with Crippen LogP contribution in [0.15, 0.2) is 18.2 Å². The largest absolute Gasteiger partial charge is 0.282 e. The van der Waals surface area contributed by atoms with Gasteiger partial charge in [0.15, 0.2) is 0 Å². The third kappa shape index (κ3) is 2.78. The van der Waals surface area contributed by atoms with Crippen molar-refractivity contribution >= 4 is 11.8 Å². The van der Waals surface area contributed by atoms with Gasteiger partial charge in [-0.1, -0.05) is 25.5 Å². The number of unbranched alkanes of at least 4 members (excludes halogenated alkanes) is 1. The summed E-state index contributed by atoms with van der Waals surface area (Å²) >= 11 is 0. The van der Waals surface area contributed by atoms with E-state index in [1.54, 1.807) is 6.07 Å². The maximum Gasteiger partial charge on any atom is 0.233 e. The van der Waals surface area contributed by atoms with Crippen molar-refractivity contribution in [2.45, 2.75) is 32.6 Å². The lowest BCUT2D eigenvalue weighted by Crippen LogP contribution is -2.31. The lowest BCUT2D eigenvalue weighted by atomic mass is 9.98. The Hall–Kier alpha value is -1.64. The number of carbonyl (C=O) groups excluding carboxylic acids is 2. The van der Waals surface area contributed by atoms with Crippen molar-refractivity contribution in [3.63, 3.8) is 0 Å². The number of carbonyl (C=O) groups is 2. The monoisotopic (exact) mass is 243 g/mol. The van der Waals surface area contributed by atoms with Crippen molar-refractivity contribution in [2.75, 3.05) is 6.54 Å². The van der Waals surface area contributed by atoms with Gasteiger partial charge in [0.05, 0.1) is 5.92 Å². The number of imide groups is 1. The Labute approximate surface area is 108 Å². The van der Waals surface area contributed by atoms with E-state index in [0.29, 0.717) is 19.4 Å². The number of hydrogen-bond acceptors (Lipinski definition) is 2. The van der Waals surface area contributed by atoms with Crippen LogP contribution in [0.5, 0.6) is 0 Å². The molecule has 0 saturated carbocycles. The molecule has 1 heterocycles. The van der Waals surface area contributed by atoms with E-state index in [0.717, 1.165) is 18.4 Å². The minimum atomic E-state index is -0.201. The Morgan fingerprint density at radius 1 is 1.44 bits per heavy atom. The van der Waals surface area contributed by atoms with Crippen molar-refractivity contribution in [1.82, 2.24) is 4.90 Å². The summed E-state index contributed by atoms with van der Waals surface area (Å²) < 4.78 is 0. The first kappa shape index (κ1) is 12.8. The Bertz CT molecular complexity index is 427. The second-order valence-electron chi connectivity index (χ2n) is 4.66. The van der Waals surface area contributed by atoms with Crippen molar-refractivity contribution < 1.29 is 9.59 Å². The Morgan fingerprint density at radius 2 is 2.28 bits per heavy atom. The second-order valence-corrected chi connectivity index (χ2v) is 4.66. The molecular weight excluding hydrogens is 226 g/mol. The van der Waals surface area contributed by atoms with Crippen molar-refractivity contribution in [1.29, 1.82) is 0 Å². The molecule has 1 fully saturated rings. The van der Waals surface area contributed by atoms with Crippen molar-refractivity contribution in [3.05, 3.63) is 35.9 Å². The van der Waals surface area contributed by atoms with E-state index >= 15 is 0 Å². The molecule has 1 aromatic rings. The lowest BCUT2D eigenvalue weighted by molar-refractivity contribution is -0.139. The van der Waals surface area contributed by atoms with E-state index in [9.17, 15) is 9.59 Å². The van der Waals surface area contributed by atoms with Gasteiger partial charge in [-0.15, -0.1) is 0 Å². The third-order valence-corrected chi connectivity index (χ3v) is 3.26. The van der Waals surface area contributed by atoms with Gasteiger partial charge in [0.2, 0.25) is 11.8 Å². The van der Waals surface area contributed by atoms with Gasteiger partial charge in [-0.25, -0.2) is 0 Å². The topological polar surface area (TPSA) is 37.4 Å². The highest BCUT2D eigenvalue weighted by Crippen LogP contribution is 2.23. The summed E-state index contributed by atoms with van der Waals surface area (Å²) in [7, 11) is 0. The van der Waals surface area contributed by atoms with Crippen LogP contribution in [0.25, 0.3) is 0 Å². The number of rotatable bonds is 5. The molecule has 1 saturated heterocycles. The fourth-order valence-corrected chi connectivity index (χ4v) is 2.23. The molecule has 2 amide bonds. The van der Waals surface area contributed by atoms with Gasteiger partial charge in [-0.2, -0.15) is 0 Å². The van der Waals surface area contributed by atoms with E-state index in [4.69, 9.17) is 0 Å². The van der Waals surface area contributed by atoms with Crippen LogP contribution in [-0.4, -0.2) is 23.3 Å². The molecule has 0 spiro atoms. The molecule has 0 bridgehead atoms. The minimum Gasteiger partial charge on any atom is -0.282 e. The highest BCUT2D eigenvalue weighted by molar-refractivity contribution is 6.03. The summed E-state index contributed by atoms with van der Waals surface area (Å²) in [5.74, 6) is -0.247. The van der Waals surface area contributed by atoms with E-state index in [2.05, 4.69) is 19.1 Å². The van der Waals surface area contributed by atoms with Gasteiger partial charge < -0.3 is 0 Å². The van der Waals surface area contributed by atoms with Crippen LogP contribution in [0.3, 0.4) is 0 Å². The van der Waals surface area contributed by atoms with Crippen LogP contribution < -0.4 is 0 Å². The lowest BCUT2D eigenvalue weighted by Gasteiger charge is -2.14. The number of hydrogen-bond donors (Lipinski definition) is 0. The van der Waals surface area contributed by atoms with Crippen LogP contribution in [-0.2, 0) is 16.0 Å². The SMILES string of the molecule is CCCCN1C(=O)CC(Cc2[c]c[c]cc2)C1=O. The molecule has 18 heavy (non-hydrogen) atoms. The summed E-state index contributed by atoms with van der Waals surface area (Å²) in [5, 5.41) is 0. The highest BCUT2D eigenvalue weighted by Gasteiger charge is 2.37. The molecular formula is C15H17NO2. The normalized spacial score (nSPS) is 19.6. The number of nitrogens with zero attached hydrogens (tertiary/aromatic N) is 1. The van der Waals surface area contributed by atoms with Crippen molar-refractivity contribution in [2.24, 2.45) is 5.92 Å². The minimum absolute atomic E-state index is 0.0188. The van der Waals surface area contributed by atoms with Crippen LogP contribution in [0.2, 0.25) is 0 Å². The zero-order valence-electron chi connectivity index (χ0n) is 10.6. The zero-order chi connectivity index (χ0) is 13.0. The van der Waals surface area contributed by atoms with Crippen LogP contribution in [0.1, 0.15) is 31.7 Å². The molecule has 2 rings (SSSR count). The summed E-state index contributed by atoms with van der Waals surface area (Å²) in [6.07, 6.45) is 2.82. The van der Waals surface area contributed by atoms with Crippen LogP contribution in [0.4, 0.5) is 0 Å². The van der Waals surface area contributed by atoms with Gasteiger partial charge in [0, 0.05) is 13.0 Å². The molecule has 0 N–H and O–H groups in total. The maximum absolute atomic E-state index is 12.1. The average molecular weight is 243 g/mol. The van der Waals surface area contributed by atoms with Gasteiger partial charge in [-0.05, 0) is 36.6 Å². The summed E-state index contributed by atoms with van der Waals surface area (Å²) in [4.78, 5) is 25.3. The first-order valence-electron chi connectivity index (χ1n) is 6.43. The Kier molecular flexibility index (Phi) is 4.13. The van der Waals surface area contributed by atoms with E-state index < -0.39 is 0 Å². The van der Waals surface area contributed by atoms with Gasteiger partial charge in [-0.3, -0.25) is 14.5 Å². The van der Waals surface area contributed by atoms with Gasteiger partial charge in [0.25, 0.3) is 0 Å². The molecule has 1 aliphatic rings. The summed E-state index contributed by atoms with van der Waals surface area (Å²) in [6, 6.07) is 11.4.